The average molecular weight is 372 g/mol. The normalized spacial score (nSPS) is 14.8. The topological polar surface area (TPSA) is 65.8 Å². The highest BCUT2D eigenvalue weighted by Crippen LogP contribution is 2.41. The zero-order chi connectivity index (χ0) is 16.9. The van der Waals surface area contributed by atoms with E-state index in [9.17, 15) is 10.1 Å². The maximum atomic E-state index is 12.5. The highest BCUT2D eigenvalue weighted by atomic mass is 35.5. The lowest BCUT2D eigenvalue weighted by atomic mass is 10.0. The summed E-state index contributed by atoms with van der Waals surface area (Å²) in [5, 5.41) is 12.6. The third-order valence-corrected chi connectivity index (χ3v) is 4.14. The van der Waals surface area contributed by atoms with Crippen molar-refractivity contribution in [3.8, 4) is 6.07 Å². The van der Waals surface area contributed by atoms with Crippen molar-refractivity contribution in [1.82, 2.24) is 10.3 Å². The second kappa shape index (κ2) is 8.70. The Bertz CT molecular complexity index is 813. The Labute approximate surface area is 159 Å². The molecular weight excluding hydrogens is 354 g/mol. The zero-order valence-electron chi connectivity index (χ0n) is 13.4. The maximum Gasteiger partial charge on any atom is 0.262 e. The molecule has 1 fully saturated rings. The van der Waals surface area contributed by atoms with Crippen molar-refractivity contribution in [2.75, 3.05) is 0 Å². The first kappa shape index (κ1) is 19.0. The van der Waals surface area contributed by atoms with E-state index in [1.807, 2.05) is 36.4 Å². The summed E-state index contributed by atoms with van der Waals surface area (Å²) in [4.78, 5) is 16.6. The van der Waals surface area contributed by atoms with Gasteiger partial charge in [0.25, 0.3) is 5.91 Å². The molecule has 0 unspecified atom stereocenters. The molecule has 6 heteroatoms. The average Bonchev–Trinajstić information content (AvgIpc) is 3.43. The molecule has 0 saturated heterocycles. The van der Waals surface area contributed by atoms with Crippen LogP contribution in [-0.2, 0) is 4.79 Å². The molecule has 0 spiro atoms. The summed E-state index contributed by atoms with van der Waals surface area (Å²) in [7, 11) is 0. The van der Waals surface area contributed by atoms with E-state index in [1.54, 1.807) is 18.2 Å². The van der Waals surface area contributed by atoms with Gasteiger partial charge in [-0.2, -0.15) is 18.8 Å². The van der Waals surface area contributed by atoms with Gasteiger partial charge in [0, 0.05) is 0 Å². The molecule has 1 amide bonds. The smallest absolute Gasteiger partial charge is 0.262 e. The molecule has 3 rings (SSSR count). The van der Waals surface area contributed by atoms with Crippen LogP contribution in [0.5, 0.6) is 0 Å². The molecular formula is C19H18ClN3OS. The second-order valence-electron chi connectivity index (χ2n) is 5.75. The number of pyridine rings is 1. The molecule has 4 nitrogen and oxygen atoms in total. The Hall–Kier alpha value is -2.29. The summed E-state index contributed by atoms with van der Waals surface area (Å²) in [6, 6.07) is 16.8. The molecule has 1 aromatic carbocycles. The summed E-state index contributed by atoms with van der Waals surface area (Å²) < 4.78 is 0. The number of nitrogens with zero attached hydrogens (tertiary/aromatic N) is 2. The number of nitrogens with one attached hydrogen (secondary N) is 1. The van der Waals surface area contributed by atoms with E-state index >= 15 is 0 Å². The van der Waals surface area contributed by atoms with Gasteiger partial charge in [-0.15, -0.1) is 0 Å². The first-order valence-corrected chi connectivity index (χ1v) is 8.15. The van der Waals surface area contributed by atoms with E-state index in [0.717, 1.165) is 18.4 Å². The number of hydrogen-bond donors (Lipinski definition) is 1. The van der Waals surface area contributed by atoms with Crippen molar-refractivity contribution in [2.24, 2.45) is 5.92 Å². The van der Waals surface area contributed by atoms with Crippen molar-refractivity contribution in [2.45, 2.75) is 18.9 Å². The molecule has 0 radical (unpaired) electrons. The summed E-state index contributed by atoms with van der Waals surface area (Å²) >= 11 is 5.84. The zero-order valence-corrected chi connectivity index (χ0v) is 15.2. The van der Waals surface area contributed by atoms with Crippen LogP contribution in [-0.4, -0.2) is 10.9 Å². The molecule has 0 bridgehead atoms. The first-order valence-electron chi connectivity index (χ1n) is 7.77. The van der Waals surface area contributed by atoms with E-state index in [4.69, 9.17) is 11.6 Å². The minimum atomic E-state index is -0.389. The first-order chi connectivity index (χ1) is 11.7. The fourth-order valence-electron chi connectivity index (χ4n) is 2.58. The predicted molar refractivity (Wildman–Crippen MR) is 103 cm³/mol. The highest BCUT2D eigenvalue weighted by Gasteiger charge is 2.33. The van der Waals surface area contributed by atoms with Gasteiger partial charge in [0.05, 0.1) is 11.7 Å². The second-order valence-corrected chi connectivity index (χ2v) is 6.14. The van der Waals surface area contributed by atoms with E-state index in [1.165, 1.54) is 6.08 Å². The van der Waals surface area contributed by atoms with Crippen molar-refractivity contribution >= 4 is 37.1 Å². The van der Waals surface area contributed by atoms with Crippen molar-refractivity contribution in [1.29, 1.82) is 5.26 Å². The van der Waals surface area contributed by atoms with Crippen molar-refractivity contribution in [3.05, 3.63) is 70.5 Å². The standard InChI is InChI=1S/C19H16ClN3O.H2S/c20-17-8-4-7-16(22-17)11-15(12-21)19(24)23-18(14-9-10-14)13-5-2-1-3-6-13;/h1-8,11,14,18H,9-10H2,(H,23,24);1H2/b15-11+;/t18-;/m1./s1. The summed E-state index contributed by atoms with van der Waals surface area (Å²) in [5.41, 5.74) is 1.56. The van der Waals surface area contributed by atoms with Gasteiger partial charge < -0.3 is 5.32 Å². The molecule has 1 aromatic heterocycles. The van der Waals surface area contributed by atoms with Crippen molar-refractivity contribution in [3.63, 3.8) is 0 Å². The van der Waals surface area contributed by atoms with Gasteiger partial charge in [0.15, 0.2) is 0 Å². The van der Waals surface area contributed by atoms with Gasteiger partial charge in [-0.25, -0.2) is 4.98 Å². The molecule has 1 aliphatic rings. The van der Waals surface area contributed by atoms with Gasteiger partial charge in [-0.05, 0) is 42.5 Å². The lowest BCUT2D eigenvalue weighted by molar-refractivity contribution is -0.117. The number of hydrogen-bond acceptors (Lipinski definition) is 3. The number of nitriles is 1. The van der Waals surface area contributed by atoms with Gasteiger partial charge in [0.1, 0.15) is 16.8 Å². The molecule has 25 heavy (non-hydrogen) atoms. The largest absolute Gasteiger partial charge is 0.344 e. The van der Waals surface area contributed by atoms with Gasteiger partial charge >= 0.3 is 0 Å². The third kappa shape index (κ3) is 5.09. The maximum absolute atomic E-state index is 12.5. The van der Waals surface area contributed by atoms with Crippen LogP contribution < -0.4 is 5.32 Å². The van der Waals surface area contributed by atoms with Crippen LogP contribution in [0.2, 0.25) is 5.15 Å². The van der Waals surface area contributed by atoms with E-state index in [2.05, 4.69) is 10.3 Å². The van der Waals surface area contributed by atoms with Gasteiger partial charge in [0.2, 0.25) is 0 Å². The van der Waals surface area contributed by atoms with Crippen molar-refractivity contribution < 1.29 is 4.79 Å². The van der Waals surface area contributed by atoms with Crippen LogP contribution in [0, 0.1) is 17.2 Å². The van der Waals surface area contributed by atoms with E-state index < -0.39 is 0 Å². The Morgan fingerprint density at radius 2 is 1.96 bits per heavy atom. The fourth-order valence-corrected chi connectivity index (χ4v) is 2.75. The van der Waals surface area contributed by atoms with Crippen LogP contribution in [0.4, 0.5) is 0 Å². The Kier molecular flexibility index (Phi) is 6.63. The molecule has 1 atom stereocenters. The third-order valence-electron chi connectivity index (χ3n) is 3.93. The van der Waals surface area contributed by atoms with Gasteiger partial charge in [-0.1, -0.05) is 48.0 Å². The number of carbonyl (C=O) groups excluding carboxylic acids is 1. The molecule has 128 valence electrons. The lowest BCUT2D eigenvalue weighted by Crippen LogP contribution is -2.30. The van der Waals surface area contributed by atoms with Gasteiger partial charge in [-0.3, -0.25) is 4.79 Å². The molecule has 1 aliphatic carbocycles. The summed E-state index contributed by atoms with van der Waals surface area (Å²) in [6.07, 6.45) is 3.62. The number of benzene rings is 1. The molecule has 1 N–H and O–H groups in total. The Morgan fingerprint density at radius 3 is 2.56 bits per heavy atom. The molecule has 0 aliphatic heterocycles. The Balaban J connectivity index is 0.00000225. The lowest BCUT2D eigenvalue weighted by Gasteiger charge is -2.18. The monoisotopic (exact) mass is 371 g/mol. The van der Waals surface area contributed by atoms with Crippen LogP contribution in [0.25, 0.3) is 6.08 Å². The van der Waals surface area contributed by atoms with Crippen LogP contribution >= 0.6 is 25.1 Å². The quantitative estimate of drug-likeness (QED) is 0.490. The predicted octanol–water partition coefficient (Wildman–Crippen LogP) is 4.02. The number of carbonyl (C=O) groups is 1. The van der Waals surface area contributed by atoms with Crippen LogP contribution in [0.3, 0.4) is 0 Å². The number of amides is 1. The highest BCUT2D eigenvalue weighted by molar-refractivity contribution is 7.59. The van der Waals surface area contributed by atoms with E-state index in [-0.39, 0.29) is 31.0 Å². The van der Waals surface area contributed by atoms with Crippen LogP contribution in [0.15, 0.2) is 54.1 Å². The number of halogens is 1. The molecule has 1 saturated carbocycles. The summed E-state index contributed by atoms with van der Waals surface area (Å²) in [6.45, 7) is 0. The van der Waals surface area contributed by atoms with Crippen LogP contribution in [0.1, 0.15) is 30.1 Å². The molecule has 2 aromatic rings. The number of rotatable bonds is 5. The SMILES string of the molecule is N#C/C(=C\c1cccc(Cl)n1)C(=O)N[C@H](c1ccccc1)C1CC1.S. The summed E-state index contributed by atoms with van der Waals surface area (Å²) in [5.74, 6) is 0.0422. The molecule has 1 heterocycles. The Morgan fingerprint density at radius 1 is 1.24 bits per heavy atom. The minimum absolute atomic E-state index is 0. The minimum Gasteiger partial charge on any atom is -0.344 e. The fraction of sp³-hybridized carbons (Fsp3) is 0.211. The van der Waals surface area contributed by atoms with E-state index in [0.29, 0.717) is 16.8 Å². The number of aromatic nitrogens is 1.